The second-order valence-electron chi connectivity index (χ2n) is 19.2. The summed E-state index contributed by atoms with van der Waals surface area (Å²) in [6.45, 7) is 4.92. The zero-order valence-electron chi connectivity index (χ0n) is 44.1. The summed E-state index contributed by atoms with van der Waals surface area (Å²) < 4.78 is 69.1. The summed E-state index contributed by atoms with van der Waals surface area (Å²) in [7, 11) is 0. The Morgan fingerprint density at radius 3 is 1.31 bits per heavy atom. The summed E-state index contributed by atoms with van der Waals surface area (Å²) in [6.07, 6.45) is -7.62. The lowest BCUT2D eigenvalue weighted by Gasteiger charge is -2.50. The van der Waals surface area contributed by atoms with Gasteiger partial charge in [-0.05, 0) is 39.4 Å². The first-order valence-corrected chi connectivity index (χ1v) is 26.5. The number of non-ortho nitro benzene ring substituents is 1. The number of nitrogens with zero attached hydrogens (tertiary/aromatic N) is 2. The highest BCUT2D eigenvalue weighted by Gasteiger charge is 2.54. The van der Waals surface area contributed by atoms with Crippen molar-refractivity contribution in [3.05, 3.63) is 266 Å². The molecule has 10 atom stereocenters. The van der Waals surface area contributed by atoms with Gasteiger partial charge in [-0.25, -0.2) is 0 Å². The topological polar surface area (TPSA) is 191 Å². The minimum Gasteiger partial charge on any atom is -0.374 e. The number of hydrogen-bond acceptors (Lipinski definition) is 15. The van der Waals surface area contributed by atoms with Crippen LogP contribution in [0.4, 0.5) is 17.1 Å². The molecule has 80 heavy (non-hydrogen) atoms. The third-order valence-corrected chi connectivity index (χ3v) is 13.5. The van der Waals surface area contributed by atoms with E-state index in [1.54, 1.807) is 6.08 Å². The van der Waals surface area contributed by atoms with Crippen LogP contribution in [-0.2, 0) is 87.0 Å². The van der Waals surface area contributed by atoms with Crippen LogP contribution in [0, 0.1) is 20.2 Å². The van der Waals surface area contributed by atoms with Crippen molar-refractivity contribution in [1.29, 1.82) is 0 Å². The molecule has 7 aromatic rings. The van der Waals surface area contributed by atoms with E-state index in [0.717, 1.165) is 39.4 Å². The molecule has 7 aromatic carbocycles. The molecule has 17 nitrogen and oxygen atoms in total. The molecule has 0 radical (unpaired) electrons. The van der Waals surface area contributed by atoms with Gasteiger partial charge in [0, 0.05) is 6.07 Å². The van der Waals surface area contributed by atoms with E-state index in [4.69, 9.17) is 47.4 Å². The highest BCUT2D eigenvalue weighted by Crippen LogP contribution is 2.38. The molecule has 416 valence electrons. The van der Waals surface area contributed by atoms with Crippen molar-refractivity contribution in [3.63, 3.8) is 0 Å². The first kappa shape index (κ1) is 57.2. The molecule has 0 saturated carbocycles. The van der Waals surface area contributed by atoms with Crippen LogP contribution in [0.3, 0.4) is 0 Å². The number of anilines is 1. The summed E-state index contributed by atoms with van der Waals surface area (Å²) in [5.74, 6) is 0. The van der Waals surface area contributed by atoms with Crippen molar-refractivity contribution in [2.24, 2.45) is 0 Å². The molecule has 0 aromatic heterocycles. The molecule has 0 unspecified atom stereocenters. The Hall–Kier alpha value is -7.52. The van der Waals surface area contributed by atoms with Crippen LogP contribution in [0.1, 0.15) is 33.4 Å². The van der Waals surface area contributed by atoms with Crippen LogP contribution in [0.2, 0.25) is 0 Å². The van der Waals surface area contributed by atoms with Crippen molar-refractivity contribution in [2.45, 2.75) is 101 Å². The molecule has 9 rings (SSSR count). The largest absolute Gasteiger partial charge is 0.374 e. The molecule has 2 fully saturated rings. The second-order valence-corrected chi connectivity index (χ2v) is 19.2. The Morgan fingerprint density at radius 1 is 0.450 bits per heavy atom. The lowest BCUT2D eigenvalue weighted by Crippen LogP contribution is -2.67. The Balaban J connectivity index is 1.16. The highest BCUT2D eigenvalue weighted by molar-refractivity contribution is 5.66. The number of hydrogen-bond donors (Lipinski definition) is 1. The van der Waals surface area contributed by atoms with Crippen molar-refractivity contribution < 1.29 is 57.2 Å². The smallest absolute Gasteiger partial charge is 0.299 e. The Bertz CT molecular complexity index is 2970. The normalized spacial score (nSPS) is 22.8. The lowest BCUT2D eigenvalue weighted by molar-refractivity contribution is -0.393. The van der Waals surface area contributed by atoms with Gasteiger partial charge in [-0.15, -0.1) is 6.58 Å². The molecule has 2 heterocycles. The molecule has 0 spiro atoms. The minimum atomic E-state index is -1.28. The van der Waals surface area contributed by atoms with Gasteiger partial charge in [0.25, 0.3) is 11.4 Å². The van der Waals surface area contributed by atoms with Crippen LogP contribution in [-0.4, -0.2) is 91.0 Å². The van der Waals surface area contributed by atoms with Crippen LogP contribution in [0.15, 0.2) is 213 Å². The van der Waals surface area contributed by atoms with E-state index in [1.165, 1.54) is 12.1 Å². The van der Waals surface area contributed by atoms with E-state index >= 15 is 0 Å². The molecular formula is C63H65N3O14. The highest BCUT2D eigenvalue weighted by atomic mass is 16.8. The fraction of sp³-hybridized carbons (Fsp3) is 0.302. The quantitative estimate of drug-likeness (QED) is 0.0264. The van der Waals surface area contributed by atoms with E-state index in [9.17, 15) is 20.2 Å². The average Bonchev–Trinajstić information content (AvgIpc) is 3.69. The first-order chi connectivity index (χ1) is 39.3. The molecule has 0 aliphatic carbocycles. The summed E-state index contributed by atoms with van der Waals surface area (Å²) in [5.41, 5.74) is 4.18. The third-order valence-electron chi connectivity index (χ3n) is 13.5. The number of nitro benzene ring substituents is 2. The van der Waals surface area contributed by atoms with E-state index in [2.05, 4.69) is 11.9 Å². The zero-order chi connectivity index (χ0) is 55.3. The van der Waals surface area contributed by atoms with Crippen LogP contribution in [0.25, 0.3) is 0 Å². The molecular weight excluding hydrogens is 1020 g/mol. The molecule has 0 bridgehead atoms. The lowest BCUT2D eigenvalue weighted by atomic mass is 9.94. The summed E-state index contributed by atoms with van der Waals surface area (Å²) in [6, 6.07) is 60.2. The summed E-state index contributed by atoms with van der Waals surface area (Å²) in [4.78, 5) is 23.5. The van der Waals surface area contributed by atoms with Crippen LogP contribution >= 0.6 is 0 Å². The third kappa shape index (κ3) is 16.1. The van der Waals surface area contributed by atoms with Crippen molar-refractivity contribution in [3.8, 4) is 0 Å². The van der Waals surface area contributed by atoms with E-state index in [0.29, 0.717) is 0 Å². The van der Waals surface area contributed by atoms with Gasteiger partial charge in [0.15, 0.2) is 12.6 Å². The second kappa shape index (κ2) is 29.6. The molecule has 2 saturated heterocycles. The Kier molecular flexibility index (Phi) is 21.2. The number of nitro groups is 2. The van der Waals surface area contributed by atoms with Gasteiger partial charge in [-0.1, -0.05) is 188 Å². The van der Waals surface area contributed by atoms with Crippen molar-refractivity contribution in [2.75, 3.05) is 25.1 Å². The van der Waals surface area contributed by atoms with Gasteiger partial charge >= 0.3 is 0 Å². The maximum atomic E-state index is 12.8. The fourth-order valence-corrected chi connectivity index (χ4v) is 9.59. The SMILES string of the molecule is C=CCO[C@@H]1[C@H](OCc2ccccc2)[C@@H](OCc2ccccc2)[C@H](O[C@H]2[C@H](OCc3ccccc3)[C@@H](Nc3ccc([N+](=O)[O-])cc3[N+](=O)[O-])[C@H](OCc3ccccc3)O[C@@H]2COCc2ccccc2)O[C@@H]1COCc1ccccc1. The van der Waals surface area contributed by atoms with E-state index < -0.39 is 82.6 Å². The maximum absolute atomic E-state index is 12.8. The number of rotatable bonds is 29. The van der Waals surface area contributed by atoms with Crippen LogP contribution < -0.4 is 5.32 Å². The molecule has 2 aliphatic rings. The summed E-state index contributed by atoms with van der Waals surface area (Å²) >= 11 is 0. The van der Waals surface area contributed by atoms with Crippen LogP contribution in [0.5, 0.6) is 0 Å². The van der Waals surface area contributed by atoms with Gasteiger partial charge in [-0.3, -0.25) is 20.2 Å². The number of benzene rings is 7. The van der Waals surface area contributed by atoms with Crippen molar-refractivity contribution in [1.82, 2.24) is 0 Å². The first-order valence-electron chi connectivity index (χ1n) is 26.5. The average molecular weight is 1090 g/mol. The van der Waals surface area contributed by atoms with E-state index in [1.807, 2.05) is 182 Å². The van der Waals surface area contributed by atoms with Crippen molar-refractivity contribution >= 4 is 17.1 Å². The van der Waals surface area contributed by atoms with Gasteiger partial charge in [-0.2, -0.15) is 0 Å². The van der Waals surface area contributed by atoms with Gasteiger partial charge in [0.2, 0.25) is 0 Å². The molecule has 0 amide bonds. The molecule has 2 aliphatic heterocycles. The van der Waals surface area contributed by atoms with Gasteiger partial charge < -0.3 is 52.7 Å². The number of nitrogens with one attached hydrogen (secondary N) is 1. The van der Waals surface area contributed by atoms with E-state index in [-0.39, 0.29) is 65.1 Å². The predicted octanol–water partition coefficient (Wildman–Crippen LogP) is 11.1. The fourth-order valence-electron chi connectivity index (χ4n) is 9.59. The molecule has 1 N–H and O–H groups in total. The number of ether oxygens (including phenoxy) is 10. The summed E-state index contributed by atoms with van der Waals surface area (Å²) in [5, 5.41) is 28.1. The maximum Gasteiger partial charge on any atom is 0.299 e. The zero-order valence-corrected chi connectivity index (χ0v) is 44.1. The standard InChI is InChI=1S/C63H65N3O14/c1-2-35-73-57-54(43-71-37-45-21-9-3-10-22-45)79-63(61(76-41-49-29-17-7-18-30-49)60(57)75-40-48-27-15-6-16-28-48)80-58-55(44-72-38-46-23-11-4-12-24-46)78-62(77-42-50-31-19-8-20-32-50)56(59(58)74-39-47-25-13-5-14-26-47)64-52-34-33-51(65(67)68)36-53(52)66(69)70/h2-34,36,54-64H,1,35,37-44H2/t54-,55-,56-,57+,58-,59-,60+,61-,62-,63+/m1/s1. The van der Waals surface area contributed by atoms with Gasteiger partial charge in [0.05, 0.1) is 75.4 Å². The monoisotopic (exact) mass is 1090 g/mol. The van der Waals surface area contributed by atoms with Gasteiger partial charge in [0.1, 0.15) is 54.5 Å². The Labute approximate surface area is 465 Å². The predicted molar refractivity (Wildman–Crippen MR) is 298 cm³/mol. The molecule has 17 heteroatoms. The minimum absolute atomic E-state index is 0.0323. The Morgan fingerprint density at radius 2 is 0.863 bits per heavy atom.